The van der Waals surface area contributed by atoms with Crippen LogP contribution in [-0.2, 0) is 33.3 Å². The molecule has 468 valence electrons. The molecule has 0 spiro atoms. The Balaban J connectivity index is 4.26. The van der Waals surface area contributed by atoms with Gasteiger partial charge in [0.1, 0.15) is 13.2 Å². The zero-order valence-corrected chi connectivity index (χ0v) is 53.3. The number of carboxylic acid groups (broad SMARTS) is 1. The second-order valence-corrected chi connectivity index (χ2v) is 23.0. The maximum Gasteiger partial charge on any atom is 0.306 e. The van der Waals surface area contributed by atoms with E-state index in [0.29, 0.717) is 17.4 Å². The predicted octanol–water partition coefficient (Wildman–Crippen LogP) is 19.1. The molecule has 0 aromatic rings. The lowest BCUT2D eigenvalue weighted by Gasteiger charge is -2.26. The first-order valence-corrected chi connectivity index (χ1v) is 33.2. The lowest BCUT2D eigenvalue weighted by molar-refractivity contribution is -0.870. The highest BCUT2D eigenvalue weighted by Crippen LogP contribution is 2.17. The lowest BCUT2D eigenvalue weighted by Crippen LogP contribution is -2.44. The second-order valence-electron chi connectivity index (χ2n) is 23.0. The van der Waals surface area contributed by atoms with Gasteiger partial charge in [0.05, 0.1) is 40.3 Å². The summed E-state index contributed by atoms with van der Waals surface area (Å²) in [4.78, 5) is 37.4. The molecule has 0 saturated heterocycles. The molecule has 0 bridgehead atoms. The minimum Gasteiger partial charge on any atom is -0.545 e. The van der Waals surface area contributed by atoms with Crippen molar-refractivity contribution in [2.24, 2.45) is 0 Å². The normalized spacial score (nSPS) is 13.5. The fraction of sp³-hybridized carbons (Fsp3) is 0.685. The van der Waals surface area contributed by atoms with E-state index in [2.05, 4.69) is 135 Å². The van der Waals surface area contributed by atoms with Crippen molar-refractivity contribution >= 4 is 17.9 Å². The number of nitrogens with zero attached hydrogens (tertiary/aromatic N) is 1. The molecular weight excluding hydrogens is 1020 g/mol. The molecule has 0 aliphatic rings. The van der Waals surface area contributed by atoms with Gasteiger partial charge in [-0.2, -0.15) is 0 Å². The third-order valence-electron chi connectivity index (χ3n) is 14.0. The van der Waals surface area contributed by atoms with Gasteiger partial charge in [-0.25, -0.2) is 0 Å². The van der Waals surface area contributed by atoms with Crippen LogP contribution >= 0.6 is 0 Å². The number of allylic oxidation sites excluding steroid dienone is 20. The van der Waals surface area contributed by atoms with Crippen LogP contribution in [-0.4, -0.2) is 82.3 Å². The number of esters is 2. The summed E-state index contributed by atoms with van der Waals surface area (Å²) in [5.41, 5.74) is 0. The van der Waals surface area contributed by atoms with Gasteiger partial charge < -0.3 is 33.3 Å². The van der Waals surface area contributed by atoms with Gasteiger partial charge in [0.15, 0.2) is 12.4 Å². The Bertz CT molecular complexity index is 1760. The van der Waals surface area contributed by atoms with Crippen LogP contribution in [0.2, 0.25) is 0 Å². The molecule has 0 amide bonds. The van der Waals surface area contributed by atoms with Crippen molar-refractivity contribution in [2.75, 3.05) is 47.5 Å². The van der Waals surface area contributed by atoms with Crippen LogP contribution in [0, 0.1) is 0 Å². The minimum absolute atomic E-state index is 0.137. The molecule has 9 heteroatoms. The Hall–Kier alpha value is -4.31. The Kier molecular flexibility index (Phi) is 59.4. The number of hydrogen-bond acceptors (Lipinski definition) is 8. The molecule has 0 saturated carbocycles. The quantitative estimate of drug-likeness (QED) is 0.0195. The summed E-state index contributed by atoms with van der Waals surface area (Å²) in [6.07, 6.45) is 85.5. The van der Waals surface area contributed by atoms with Crippen LogP contribution in [0.1, 0.15) is 264 Å². The van der Waals surface area contributed by atoms with E-state index < -0.39 is 24.3 Å². The first kappa shape index (κ1) is 77.7. The number of aliphatic carboxylic acids is 1. The van der Waals surface area contributed by atoms with Gasteiger partial charge in [-0.15, -0.1) is 0 Å². The maximum absolute atomic E-state index is 12.9. The Morgan fingerprint density at radius 2 is 0.695 bits per heavy atom. The monoisotopic (exact) mass is 1140 g/mol. The Morgan fingerprint density at radius 1 is 0.378 bits per heavy atom. The molecule has 2 atom stereocenters. The number of likely N-dealkylation sites (N-methyl/N-ethyl adjacent to an activating group) is 1. The number of carbonyl (C=O) groups excluding carboxylic acids is 3. The summed E-state index contributed by atoms with van der Waals surface area (Å²) >= 11 is 0. The molecule has 0 aliphatic carbocycles. The van der Waals surface area contributed by atoms with E-state index in [0.717, 1.165) is 109 Å². The Labute approximate surface area is 504 Å². The van der Waals surface area contributed by atoms with Gasteiger partial charge in [-0.1, -0.05) is 283 Å². The molecule has 2 unspecified atom stereocenters. The first-order valence-electron chi connectivity index (χ1n) is 33.2. The number of quaternary nitrogens is 1. The van der Waals surface area contributed by atoms with Crippen molar-refractivity contribution in [3.05, 3.63) is 122 Å². The molecule has 9 nitrogen and oxygen atoms in total. The third kappa shape index (κ3) is 63.3. The average Bonchev–Trinajstić information content (AvgIpc) is 3.45. The molecule has 0 rings (SSSR count). The maximum atomic E-state index is 12.9. The van der Waals surface area contributed by atoms with E-state index in [-0.39, 0.29) is 38.6 Å². The highest BCUT2D eigenvalue weighted by Gasteiger charge is 2.22. The first-order chi connectivity index (χ1) is 40.1. The molecule has 0 aromatic carbocycles. The summed E-state index contributed by atoms with van der Waals surface area (Å²) in [7, 11) is 5.91. The number of carboxylic acids is 1. The second kappa shape index (κ2) is 62.7. The van der Waals surface area contributed by atoms with Gasteiger partial charge in [0, 0.05) is 12.8 Å². The van der Waals surface area contributed by atoms with E-state index in [1.165, 1.54) is 122 Å². The number of carbonyl (C=O) groups is 3. The van der Waals surface area contributed by atoms with Crippen molar-refractivity contribution in [3.8, 4) is 0 Å². The molecule has 0 aliphatic heterocycles. The fourth-order valence-corrected chi connectivity index (χ4v) is 8.92. The zero-order valence-electron chi connectivity index (χ0n) is 53.3. The predicted molar refractivity (Wildman–Crippen MR) is 347 cm³/mol. The smallest absolute Gasteiger partial charge is 0.306 e. The van der Waals surface area contributed by atoms with Crippen molar-refractivity contribution in [1.82, 2.24) is 0 Å². The summed E-state index contributed by atoms with van der Waals surface area (Å²) in [5.74, 6) is -2.32. The van der Waals surface area contributed by atoms with Crippen LogP contribution in [0.5, 0.6) is 0 Å². The van der Waals surface area contributed by atoms with Gasteiger partial charge in [0.2, 0.25) is 0 Å². The highest BCUT2D eigenvalue weighted by atomic mass is 16.7. The van der Waals surface area contributed by atoms with Crippen LogP contribution in [0.3, 0.4) is 0 Å². The SMILES string of the molecule is CC/C=C\C/C=C\C/C=C\C/C=C\C/C=C\C/C=C\C/C=C\C/C=C\C/C=C\C/C=C\CCCCCCC(=O)OC(COC(=O)CCCCCCCCCCCCCCCCCCCCCCCC)COC(OCC[N+](C)(C)C)C(=O)[O-]. The number of rotatable bonds is 60. The average molecular weight is 1140 g/mol. The summed E-state index contributed by atoms with van der Waals surface area (Å²) < 4.78 is 22.7. The molecule has 0 N–H and O–H groups in total. The number of hydrogen-bond donors (Lipinski definition) is 0. The number of unbranched alkanes of at least 4 members (excludes halogenated alkanes) is 25. The largest absolute Gasteiger partial charge is 0.545 e. The van der Waals surface area contributed by atoms with Crippen molar-refractivity contribution in [1.29, 1.82) is 0 Å². The van der Waals surface area contributed by atoms with Gasteiger partial charge in [-0.05, 0) is 89.9 Å². The molecule has 82 heavy (non-hydrogen) atoms. The zero-order chi connectivity index (χ0) is 59.8. The van der Waals surface area contributed by atoms with E-state index in [1.54, 1.807) is 0 Å². The van der Waals surface area contributed by atoms with Crippen molar-refractivity contribution in [3.63, 3.8) is 0 Å². The lowest BCUT2D eigenvalue weighted by atomic mass is 10.0. The summed E-state index contributed by atoms with van der Waals surface area (Å²) in [5, 5.41) is 11.8. The van der Waals surface area contributed by atoms with Gasteiger partial charge in [-0.3, -0.25) is 9.59 Å². The van der Waals surface area contributed by atoms with Crippen molar-refractivity contribution in [2.45, 2.75) is 277 Å². The third-order valence-corrected chi connectivity index (χ3v) is 14.0. The summed E-state index contributed by atoms with van der Waals surface area (Å²) in [6.45, 7) is 4.62. The van der Waals surface area contributed by atoms with Gasteiger partial charge >= 0.3 is 11.9 Å². The molecule has 0 aromatic heterocycles. The van der Waals surface area contributed by atoms with Crippen molar-refractivity contribution < 1.29 is 42.9 Å². The Morgan fingerprint density at radius 3 is 1.04 bits per heavy atom. The molecular formula is C73H123NO8. The van der Waals surface area contributed by atoms with Crippen LogP contribution in [0.25, 0.3) is 0 Å². The van der Waals surface area contributed by atoms with Crippen LogP contribution in [0.15, 0.2) is 122 Å². The van der Waals surface area contributed by atoms with E-state index in [1.807, 2.05) is 21.1 Å². The molecule has 0 heterocycles. The topological polar surface area (TPSA) is 111 Å². The van der Waals surface area contributed by atoms with Crippen LogP contribution < -0.4 is 5.11 Å². The van der Waals surface area contributed by atoms with E-state index >= 15 is 0 Å². The molecule has 0 fully saturated rings. The van der Waals surface area contributed by atoms with E-state index in [4.69, 9.17) is 18.9 Å². The van der Waals surface area contributed by atoms with E-state index in [9.17, 15) is 19.5 Å². The minimum atomic E-state index is -1.64. The van der Waals surface area contributed by atoms with Gasteiger partial charge in [0.25, 0.3) is 0 Å². The van der Waals surface area contributed by atoms with Crippen LogP contribution in [0.4, 0.5) is 0 Å². The highest BCUT2D eigenvalue weighted by molar-refractivity contribution is 5.70. The standard InChI is InChI=1S/C73H123NO8/c1-6-8-10-12-14-16-18-20-22-24-26-28-30-31-32-33-34-35-36-37-38-39-40-41-42-44-46-48-50-52-54-56-58-60-62-64-71(76)82-69(68-81-73(72(77)78)79-66-65-74(3,4)5)67-80-70(75)63-61-59-57-55-53-51-49-47-45-43-29-27-25-23-21-19-17-15-13-11-9-7-2/h8,10,14,16,20,22,26,28,31-32,34-35,37-38,40-41,44,46,50,52,69,73H,6-7,9,11-13,15,17-19,21,23-25,27,29-30,33,36,39,42-43,45,47-49,51,53-68H2,1-5H3/b10-8-,16-14-,22-20-,28-26-,32-31-,35-34-,38-37-,41-40-,46-44-,52-50-. The summed E-state index contributed by atoms with van der Waals surface area (Å²) in [6, 6.07) is 0. The number of ether oxygens (including phenoxy) is 4. The fourth-order valence-electron chi connectivity index (χ4n) is 8.92. The molecule has 0 radical (unpaired) electrons.